The lowest BCUT2D eigenvalue weighted by molar-refractivity contribution is 0.469. The minimum absolute atomic E-state index is 0.606. The Balaban J connectivity index is 1.51. The highest BCUT2D eigenvalue weighted by molar-refractivity contribution is 9.09. The van der Waals surface area contributed by atoms with Crippen molar-refractivity contribution in [1.29, 1.82) is 0 Å². The second-order valence-corrected chi connectivity index (χ2v) is 7.38. The minimum atomic E-state index is 0.606. The van der Waals surface area contributed by atoms with Gasteiger partial charge in [-0.1, -0.05) is 40.2 Å². The largest absolute Gasteiger partial charge is 0.253 e. The number of para-hydroxylation sites is 1. The van der Waals surface area contributed by atoms with Crippen molar-refractivity contribution in [3.8, 4) is 0 Å². The van der Waals surface area contributed by atoms with Crippen LogP contribution in [0.25, 0.3) is 10.9 Å². The van der Waals surface area contributed by atoms with E-state index in [9.17, 15) is 0 Å². The molecule has 1 aromatic heterocycles. The highest BCUT2D eigenvalue weighted by atomic mass is 79.9. The van der Waals surface area contributed by atoms with E-state index >= 15 is 0 Å². The summed E-state index contributed by atoms with van der Waals surface area (Å²) in [5.41, 5.74) is 2.34. The Hall–Kier alpha value is -0.890. The van der Waals surface area contributed by atoms with Gasteiger partial charge in [0.05, 0.1) is 5.52 Å². The fraction of sp³-hybridized carbons (Fsp3) is 0.471. The summed E-state index contributed by atoms with van der Waals surface area (Å²) in [6.07, 6.45) is 5.45. The quantitative estimate of drug-likeness (QED) is 0.755. The van der Waals surface area contributed by atoms with Crippen LogP contribution in [0.15, 0.2) is 36.4 Å². The second-order valence-electron chi connectivity index (χ2n) is 6.20. The first-order valence-electron chi connectivity index (χ1n) is 7.28. The second kappa shape index (κ2) is 4.59. The molecule has 2 aliphatic rings. The van der Waals surface area contributed by atoms with Gasteiger partial charge in [-0.2, -0.15) is 0 Å². The maximum atomic E-state index is 4.79. The van der Waals surface area contributed by atoms with Gasteiger partial charge in [0.2, 0.25) is 0 Å². The summed E-state index contributed by atoms with van der Waals surface area (Å²) in [7, 11) is 0. The summed E-state index contributed by atoms with van der Waals surface area (Å²) >= 11 is 3.91. The van der Waals surface area contributed by atoms with Crippen LogP contribution < -0.4 is 0 Å². The minimum Gasteiger partial charge on any atom is -0.253 e. The molecule has 2 aliphatic carbocycles. The molecule has 4 rings (SSSR count). The summed E-state index contributed by atoms with van der Waals surface area (Å²) in [6.45, 7) is 0. The number of nitrogens with zero attached hydrogens (tertiary/aromatic N) is 1. The van der Waals surface area contributed by atoms with Crippen LogP contribution in [-0.2, 0) is 6.42 Å². The van der Waals surface area contributed by atoms with Crippen LogP contribution in [0.5, 0.6) is 0 Å². The van der Waals surface area contributed by atoms with Gasteiger partial charge in [-0.25, -0.2) is 0 Å². The van der Waals surface area contributed by atoms with Gasteiger partial charge in [-0.05, 0) is 49.1 Å². The maximum absolute atomic E-state index is 4.79. The summed E-state index contributed by atoms with van der Waals surface area (Å²) in [5.74, 6) is 3.00. The number of rotatable bonds is 3. The number of benzene rings is 1. The molecular formula is C17H18BrN. The van der Waals surface area contributed by atoms with Crippen LogP contribution in [0.4, 0.5) is 0 Å². The van der Waals surface area contributed by atoms with Crippen molar-refractivity contribution >= 4 is 26.8 Å². The molecule has 1 nitrogen and oxygen atoms in total. The van der Waals surface area contributed by atoms with E-state index in [0.717, 1.165) is 29.7 Å². The average molecular weight is 316 g/mol. The molecule has 3 unspecified atom stereocenters. The van der Waals surface area contributed by atoms with Crippen molar-refractivity contribution in [2.75, 3.05) is 0 Å². The highest BCUT2D eigenvalue weighted by Crippen LogP contribution is 2.56. The summed E-state index contributed by atoms with van der Waals surface area (Å²) < 4.78 is 0. The van der Waals surface area contributed by atoms with Gasteiger partial charge in [0.25, 0.3) is 0 Å². The van der Waals surface area contributed by atoms with Crippen molar-refractivity contribution < 1.29 is 0 Å². The van der Waals surface area contributed by atoms with E-state index < -0.39 is 0 Å². The molecule has 2 heteroatoms. The number of aromatic nitrogens is 1. The smallest absolute Gasteiger partial charge is 0.0705 e. The van der Waals surface area contributed by atoms with Gasteiger partial charge < -0.3 is 0 Å². The molecule has 0 spiro atoms. The number of fused-ring (bicyclic) bond motifs is 2. The molecule has 98 valence electrons. The van der Waals surface area contributed by atoms with Gasteiger partial charge in [0.15, 0.2) is 0 Å². The van der Waals surface area contributed by atoms with Crippen LogP contribution in [0, 0.1) is 17.8 Å². The number of halogens is 1. The van der Waals surface area contributed by atoms with Crippen LogP contribution in [0.2, 0.25) is 0 Å². The van der Waals surface area contributed by atoms with Gasteiger partial charge in [0, 0.05) is 22.3 Å². The Bertz CT molecular complexity index is 599. The zero-order valence-corrected chi connectivity index (χ0v) is 12.5. The molecule has 0 bridgehead atoms. The Kier molecular flexibility index (Phi) is 2.87. The Morgan fingerprint density at radius 3 is 2.68 bits per heavy atom. The predicted octanol–water partition coefficient (Wildman–Crippen LogP) is 4.59. The van der Waals surface area contributed by atoms with E-state index in [1.165, 1.54) is 30.3 Å². The molecule has 0 N–H and O–H groups in total. The molecule has 2 aromatic rings. The number of hydrogen-bond donors (Lipinski definition) is 0. The van der Waals surface area contributed by atoms with E-state index in [0.29, 0.717) is 4.83 Å². The Morgan fingerprint density at radius 2 is 1.84 bits per heavy atom. The molecule has 1 heterocycles. The van der Waals surface area contributed by atoms with Crippen molar-refractivity contribution in [1.82, 2.24) is 4.98 Å². The van der Waals surface area contributed by atoms with E-state index in [2.05, 4.69) is 52.3 Å². The Labute approximate surface area is 122 Å². The van der Waals surface area contributed by atoms with Gasteiger partial charge >= 0.3 is 0 Å². The van der Waals surface area contributed by atoms with Crippen LogP contribution >= 0.6 is 15.9 Å². The number of alkyl halides is 1. The molecule has 0 radical (unpaired) electrons. The van der Waals surface area contributed by atoms with Gasteiger partial charge in [-0.3, -0.25) is 4.98 Å². The first-order valence-corrected chi connectivity index (χ1v) is 8.20. The Morgan fingerprint density at radius 1 is 1.05 bits per heavy atom. The SMILES string of the molecule is BrC(Cc1ccc2ccccc2n1)C1CC2CC2C1. The zero-order chi connectivity index (χ0) is 12.8. The summed E-state index contributed by atoms with van der Waals surface area (Å²) in [4.78, 5) is 5.39. The van der Waals surface area contributed by atoms with Crippen LogP contribution in [-0.4, -0.2) is 9.81 Å². The molecule has 2 saturated carbocycles. The van der Waals surface area contributed by atoms with Crippen molar-refractivity contribution in [2.45, 2.75) is 30.5 Å². The third-order valence-corrected chi connectivity index (χ3v) is 5.92. The number of hydrogen-bond acceptors (Lipinski definition) is 1. The summed E-state index contributed by atoms with van der Waals surface area (Å²) in [5, 5.41) is 1.24. The van der Waals surface area contributed by atoms with Crippen molar-refractivity contribution in [2.24, 2.45) is 17.8 Å². The monoisotopic (exact) mass is 315 g/mol. The van der Waals surface area contributed by atoms with E-state index in [4.69, 9.17) is 4.98 Å². The highest BCUT2D eigenvalue weighted by Gasteiger charge is 2.47. The lowest BCUT2D eigenvalue weighted by Crippen LogP contribution is -2.16. The first kappa shape index (κ1) is 11.9. The van der Waals surface area contributed by atoms with Crippen molar-refractivity contribution in [3.05, 3.63) is 42.1 Å². The molecule has 1 aromatic carbocycles. The van der Waals surface area contributed by atoms with Gasteiger partial charge in [-0.15, -0.1) is 0 Å². The van der Waals surface area contributed by atoms with Gasteiger partial charge in [0.1, 0.15) is 0 Å². The molecule has 0 saturated heterocycles. The topological polar surface area (TPSA) is 12.9 Å². The molecule has 2 fully saturated rings. The fourth-order valence-electron chi connectivity index (χ4n) is 3.65. The first-order chi connectivity index (χ1) is 9.29. The lowest BCUT2D eigenvalue weighted by atomic mass is 9.96. The molecule has 0 aliphatic heterocycles. The zero-order valence-electron chi connectivity index (χ0n) is 10.9. The molecule has 19 heavy (non-hydrogen) atoms. The molecule has 0 amide bonds. The van der Waals surface area contributed by atoms with Crippen molar-refractivity contribution in [3.63, 3.8) is 0 Å². The molecular weight excluding hydrogens is 298 g/mol. The van der Waals surface area contributed by atoms with E-state index in [-0.39, 0.29) is 0 Å². The lowest BCUT2D eigenvalue weighted by Gasteiger charge is -2.18. The fourth-order valence-corrected chi connectivity index (χ4v) is 4.41. The normalized spacial score (nSPS) is 30.3. The molecule has 3 atom stereocenters. The third kappa shape index (κ3) is 2.31. The predicted molar refractivity (Wildman–Crippen MR) is 82.5 cm³/mol. The summed E-state index contributed by atoms with van der Waals surface area (Å²) in [6, 6.07) is 12.8. The van der Waals surface area contributed by atoms with E-state index in [1.807, 2.05) is 0 Å². The maximum Gasteiger partial charge on any atom is 0.0705 e. The van der Waals surface area contributed by atoms with Crippen LogP contribution in [0.1, 0.15) is 25.0 Å². The van der Waals surface area contributed by atoms with E-state index in [1.54, 1.807) is 0 Å². The average Bonchev–Trinajstić information content (AvgIpc) is 3.05. The van der Waals surface area contributed by atoms with Crippen LogP contribution in [0.3, 0.4) is 0 Å². The standard InChI is InChI=1S/C17H18BrN/c18-16(14-8-12-7-13(12)9-14)10-15-6-5-11-3-1-2-4-17(11)19-15/h1-6,12-14,16H,7-10H2. The third-order valence-electron chi connectivity index (χ3n) is 4.85. The number of pyridine rings is 1.